The number of rotatable bonds is 6. The number of nitrogens with two attached hydrogens (primary N) is 1. The molecule has 1 aromatic heterocycles. The third-order valence-electron chi connectivity index (χ3n) is 4.72. The highest BCUT2D eigenvalue weighted by molar-refractivity contribution is 5.85. The van der Waals surface area contributed by atoms with Crippen LogP contribution in [0.4, 0.5) is 5.82 Å². The average Bonchev–Trinajstić information content (AvgIpc) is 2.64. The Labute approximate surface area is 149 Å². The molecular weight excluding hydrogens is 312 g/mol. The van der Waals surface area contributed by atoms with Crippen LogP contribution in [0.2, 0.25) is 0 Å². The number of piperidine rings is 1. The fraction of sp³-hybridized carbons (Fsp3) is 0.421. The predicted molar refractivity (Wildman–Crippen MR) is 102 cm³/mol. The summed E-state index contributed by atoms with van der Waals surface area (Å²) in [5.41, 5.74) is 3.56. The summed E-state index contributed by atoms with van der Waals surface area (Å²) in [7, 11) is 0. The van der Waals surface area contributed by atoms with Crippen molar-refractivity contribution >= 4 is 12.0 Å². The van der Waals surface area contributed by atoms with Crippen LogP contribution in [0.3, 0.4) is 0 Å². The fourth-order valence-corrected chi connectivity index (χ4v) is 3.17. The Morgan fingerprint density at radius 2 is 2.04 bits per heavy atom. The van der Waals surface area contributed by atoms with Gasteiger partial charge in [0.25, 0.3) is 0 Å². The molecule has 1 aliphatic rings. The zero-order valence-corrected chi connectivity index (χ0v) is 14.7. The molecule has 1 aliphatic heterocycles. The van der Waals surface area contributed by atoms with Crippen LogP contribution in [-0.2, 0) is 6.42 Å². The minimum Gasteiger partial charge on any atom is -0.367 e. The molecule has 1 fully saturated rings. The highest BCUT2D eigenvalue weighted by Crippen LogP contribution is 2.17. The van der Waals surface area contributed by atoms with Gasteiger partial charge in [0.2, 0.25) is 0 Å². The third-order valence-corrected chi connectivity index (χ3v) is 4.72. The molecule has 0 aliphatic carbocycles. The van der Waals surface area contributed by atoms with Gasteiger partial charge in [-0.2, -0.15) is 5.10 Å². The maximum absolute atomic E-state index is 5.25. The van der Waals surface area contributed by atoms with Gasteiger partial charge < -0.3 is 16.1 Å². The molecule has 1 saturated heterocycles. The van der Waals surface area contributed by atoms with Crippen LogP contribution in [-0.4, -0.2) is 46.8 Å². The molecular formula is C19H26N6. The molecule has 6 heteroatoms. The molecule has 0 bridgehead atoms. The number of anilines is 1. The van der Waals surface area contributed by atoms with Gasteiger partial charge in [0.05, 0.1) is 11.8 Å². The van der Waals surface area contributed by atoms with Gasteiger partial charge in [-0.3, -0.25) is 0 Å². The van der Waals surface area contributed by atoms with Gasteiger partial charge >= 0.3 is 0 Å². The first-order valence-corrected chi connectivity index (χ1v) is 8.82. The number of hydrazone groups is 1. The van der Waals surface area contributed by atoms with Crippen LogP contribution in [0.25, 0.3) is 0 Å². The Kier molecular flexibility index (Phi) is 5.95. The topological polar surface area (TPSA) is 79.4 Å². The summed E-state index contributed by atoms with van der Waals surface area (Å²) >= 11 is 0. The maximum Gasteiger partial charge on any atom is 0.138 e. The second kappa shape index (κ2) is 8.58. The number of benzene rings is 1. The van der Waals surface area contributed by atoms with Gasteiger partial charge in [0, 0.05) is 31.9 Å². The summed E-state index contributed by atoms with van der Waals surface area (Å²) in [6.45, 7) is 5.46. The third kappa shape index (κ3) is 5.00. The maximum atomic E-state index is 5.25. The largest absolute Gasteiger partial charge is 0.367 e. The molecule has 0 spiro atoms. The molecule has 0 saturated carbocycles. The molecule has 1 aromatic carbocycles. The minimum absolute atomic E-state index is 0.426. The Morgan fingerprint density at radius 1 is 1.28 bits per heavy atom. The quantitative estimate of drug-likeness (QED) is 0.479. The van der Waals surface area contributed by atoms with E-state index in [0.29, 0.717) is 6.04 Å². The molecule has 0 amide bonds. The first-order chi connectivity index (χ1) is 12.2. The number of aryl methyl sites for hydroxylation is 1. The number of hydrogen-bond donors (Lipinski definition) is 2. The number of aromatic nitrogens is 2. The van der Waals surface area contributed by atoms with Crippen molar-refractivity contribution in [1.82, 2.24) is 14.9 Å². The number of nitrogens with one attached hydrogen (secondary N) is 1. The van der Waals surface area contributed by atoms with E-state index in [9.17, 15) is 0 Å². The van der Waals surface area contributed by atoms with Crippen molar-refractivity contribution in [2.45, 2.75) is 32.2 Å². The van der Waals surface area contributed by atoms with Crippen LogP contribution >= 0.6 is 0 Å². The van der Waals surface area contributed by atoms with Crippen molar-refractivity contribution in [3.05, 3.63) is 53.5 Å². The summed E-state index contributed by atoms with van der Waals surface area (Å²) in [5, 5.41) is 7.09. The van der Waals surface area contributed by atoms with E-state index in [-0.39, 0.29) is 0 Å². The Balaban J connectivity index is 1.46. The van der Waals surface area contributed by atoms with Gasteiger partial charge in [-0.05, 0) is 31.7 Å². The van der Waals surface area contributed by atoms with Crippen molar-refractivity contribution in [1.29, 1.82) is 0 Å². The molecule has 132 valence electrons. The molecule has 0 unspecified atom stereocenters. The lowest BCUT2D eigenvalue weighted by molar-refractivity contribution is 0.221. The number of hydrogen-bond acceptors (Lipinski definition) is 6. The molecule has 0 radical (unpaired) electrons. The first kappa shape index (κ1) is 17.4. The van der Waals surface area contributed by atoms with E-state index in [2.05, 4.69) is 56.5 Å². The number of likely N-dealkylation sites (tertiary alicyclic amines) is 1. The van der Waals surface area contributed by atoms with Gasteiger partial charge in [-0.15, -0.1) is 0 Å². The van der Waals surface area contributed by atoms with Crippen LogP contribution in [0.15, 0.2) is 41.9 Å². The van der Waals surface area contributed by atoms with Crippen LogP contribution in [0.1, 0.15) is 29.5 Å². The highest BCUT2D eigenvalue weighted by Gasteiger charge is 2.19. The average molecular weight is 338 g/mol. The molecule has 3 N–H and O–H groups in total. The second-order valence-corrected chi connectivity index (χ2v) is 6.60. The monoisotopic (exact) mass is 338 g/mol. The van der Waals surface area contributed by atoms with Crippen LogP contribution < -0.4 is 11.2 Å². The summed E-state index contributed by atoms with van der Waals surface area (Å²) in [5.74, 6) is 6.06. The summed E-state index contributed by atoms with van der Waals surface area (Å²) < 4.78 is 0. The van der Waals surface area contributed by atoms with Gasteiger partial charge in [-0.25, -0.2) is 9.97 Å². The Hall–Kier alpha value is -2.47. The van der Waals surface area contributed by atoms with E-state index >= 15 is 0 Å². The zero-order chi connectivity index (χ0) is 17.5. The number of nitrogens with zero attached hydrogens (tertiary/aromatic N) is 4. The molecule has 3 rings (SSSR count). The van der Waals surface area contributed by atoms with E-state index in [1.807, 2.05) is 0 Å². The van der Waals surface area contributed by atoms with Crippen LogP contribution in [0.5, 0.6) is 0 Å². The molecule has 2 aromatic rings. The fourth-order valence-electron chi connectivity index (χ4n) is 3.17. The lowest BCUT2D eigenvalue weighted by Gasteiger charge is -2.32. The second-order valence-electron chi connectivity index (χ2n) is 6.60. The van der Waals surface area contributed by atoms with Crippen molar-refractivity contribution < 1.29 is 0 Å². The molecule has 25 heavy (non-hydrogen) atoms. The first-order valence-electron chi connectivity index (χ1n) is 8.82. The SMILES string of the molecule is Cc1ccc(CCN2CCC(Nc3ncncc3/C=N\N)CC2)cc1. The summed E-state index contributed by atoms with van der Waals surface area (Å²) in [6, 6.07) is 9.28. The molecule has 2 heterocycles. The van der Waals surface area contributed by atoms with Gasteiger partial charge in [0.15, 0.2) is 0 Å². The van der Waals surface area contributed by atoms with E-state index in [1.165, 1.54) is 11.1 Å². The predicted octanol–water partition coefficient (Wildman–Crippen LogP) is 2.20. The van der Waals surface area contributed by atoms with Crippen molar-refractivity contribution in [3.8, 4) is 0 Å². The molecule has 6 nitrogen and oxygen atoms in total. The van der Waals surface area contributed by atoms with E-state index in [1.54, 1.807) is 18.7 Å². The Bertz CT molecular complexity index is 689. The highest BCUT2D eigenvalue weighted by atomic mass is 15.2. The minimum atomic E-state index is 0.426. The summed E-state index contributed by atoms with van der Waals surface area (Å²) in [4.78, 5) is 10.9. The van der Waals surface area contributed by atoms with Crippen LogP contribution in [0, 0.1) is 6.92 Å². The normalized spacial score (nSPS) is 16.4. The zero-order valence-electron chi connectivity index (χ0n) is 14.7. The van der Waals surface area contributed by atoms with E-state index < -0.39 is 0 Å². The van der Waals surface area contributed by atoms with Crippen molar-refractivity contribution in [2.75, 3.05) is 25.0 Å². The lowest BCUT2D eigenvalue weighted by Crippen LogP contribution is -2.40. The lowest BCUT2D eigenvalue weighted by atomic mass is 10.0. The Morgan fingerprint density at radius 3 is 2.76 bits per heavy atom. The summed E-state index contributed by atoms with van der Waals surface area (Å²) in [6.07, 6.45) is 8.18. The van der Waals surface area contributed by atoms with E-state index in [0.717, 1.165) is 50.3 Å². The van der Waals surface area contributed by atoms with Crippen molar-refractivity contribution in [2.24, 2.45) is 10.9 Å². The van der Waals surface area contributed by atoms with Crippen molar-refractivity contribution in [3.63, 3.8) is 0 Å². The van der Waals surface area contributed by atoms with Gasteiger partial charge in [-0.1, -0.05) is 29.8 Å². The molecule has 0 atom stereocenters. The smallest absolute Gasteiger partial charge is 0.138 e. The standard InChI is InChI=1S/C19H26N6/c1-15-2-4-16(5-3-15)6-9-25-10-7-18(8-11-25)24-19-17(13-23-20)12-21-14-22-19/h2-5,12-14,18H,6-11,20H2,1H3,(H,21,22,24)/b23-13-. The van der Waals surface area contributed by atoms with E-state index in [4.69, 9.17) is 5.84 Å². The van der Waals surface area contributed by atoms with Gasteiger partial charge in [0.1, 0.15) is 12.1 Å².